The Morgan fingerprint density at radius 3 is 2.73 bits per heavy atom. The van der Waals surface area contributed by atoms with E-state index in [0.29, 0.717) is 0 Å². The lowest BCUT2D eigenvalue weighted by molar-refractivity contribution is 0.438. The SMILES string of the molecule is Cl.Cn1cc([C@@H](N)CF)c2ccccc21. The molecular formula is C11H14ClFN2. The van der Waals surface area contributed by atoms with Crippen LogP contribution in [0, 0.1) is 0 Å². The number of para-hydroxylation sites is 1. The minimum atomic E-state index is -0.520. The molecule has 0 aliphatic carbocycles. The first-order chi connectivity index (χ1) is 6.74. The van der Waals surface area contributed by atoms with Crippen molar-refractivity contribution in [1.82, 2.24) is 4.57 Å². The van der Waals surface area contributed by atoms with E-state index in [1.165, 1.54) is 0 Å². The number of hydrogen-bond donors (Lipinski definition) is 1. The van der Waals surface area contributed by atoms with E-state index < -0.39 is 12.7 Å². The zero-order valence-corrected chi connectivity index (χ0v) is 9.30. The summed E-state index contributed by atoms with van der Waals surface area (Å²) in [6.45, 7) is -0.520. The Hall–Kier alpha value is -1.06. The van der Waals surface area contributed by atoms with Crippen LogP contribution in [0.5, 0.6) is 0 Å². The molecule has 1 aromatic carbocycles. The molecule has 0 aliphatic rings. The van der Waals surface area contributed by atoms with Crippen molar-refractivity contribution in [2.45, 2.75) is 6.04 Å². The van der Waals surface area contributed by atoms with Crippen LogP contribution in [0.3, 0.4) is 0 Å². The number of hydrogen-bond acceptors (Lipinski definition) is 1. The molecule has 0 saturated heterocycles. The van der Waals surface area contributed by atoms with E-state index in [4.69, 9.17) is 5.73 Å². The van der Waals surface area contributed by atoms with E-state index in [1.807, 2.05) is 42.1 Å². The summed E-state index contributed by atoms with van der Waals surface area (Å²) in [5.41, 5.74) is 7.65. The molecule has 0 aliphatic heterocycles. The van der Waals surface area contributed by atoms with Gasteiger partial charge < -0.3 is 10.3 Å². The van der Waals surface area contributed by atoms with Gasteiger partial charge in [0.1, 0.15) is 6.67 Å². The lowest BCUT2D eigenvalue weighted by Crippen LogP contribution is -2.11. The van der Waals surface area contributed by atoms with Gasteiger partial charge >= 0.3 is 0 Å². The number of benzene rings is 1. The molecule has 0 amide bonds. The maximum Gasteiger partial charge on any atom is 0.109 e. The highest BCUT2D eigenvalue weighted by Gasteiger charge is 2.12. The third-order valence-electron chi connectivity index (χ3n) is 2.49. The Morgan fingerprint density at radius 2 is 2.07 bits per heavy atom. The van der Waals surface area contributed by atoms with Gasteiger partial charge in [-0.25, -0.2) is 4.39 Å². The molecule has 0 saturated carbocycles. The highest BCUT2D eigenvalue weighted by atomic mass is 35.5. The molecule has 1 aromatic heterocycles. The van der Waals surface area contributed by atoms with Gasteiger partial charge in [-0.2, -0.15) is 0 Å². The first kappa shape index (κ1) is 12.0. The lowest BCUT2D eigenvalue weighted by Gasteiger charge is -2.04. The largest absolute Gasteiger partial charge is 0.350 e. The average molecular weight is 229 g/mol. The zero-order valence-electron chi connectivity index (χ0n) is 8.48. The van der Waals surface area contributed by atoms with E-state index in [1.54, 1.807) is 0 Å². The van der Waals surface area contributed by atoms with Gasteiger partial charge in [-0.1, -0.05) is 18.2 Å². The Bertz CT molecular complexity index is 453. The van der Waals surface area contributed by atoms with Crippen molar-refractivity contribution in [1.29, 1.82) is 0 Å². The van der Waals surface area contributed by atoms with Crippen molar-refractivity contribution in [3.63, 3.8) is 0 Å². The highest BCUT2D eigenvalue weighted by Crippen LogP contribution is 2.24. The molecule has 1 heterocycles. The lowest BCUT2D eigenvalue weighted by atomic mass is 10.1. The minimum absolute atomic E-state index is 0. The second-order valence-corrected chi connectivity index (χ2v) is 3.47. The number of nitrogens with zero attached hydrogens (tertiary/aromatic N) is 1. The van der Waals surface area contributed by atoms with Crippen LogP contribution in [-0.2, 0) is 7.05 Å². The van der Waals surface area contributed by atoms with E-state index in [-0.39, 0.29) is 12.4 Å². The van der Waals surface area contributed by atoms with E-state index in [0.717, 1.165) is 16.5 Å². The predicted octanol–water partition coefficient (Wildman–Crippen LogP) is 2.57. The molecule has 0 fully saturated rings. The van der Waals surface area contributed by atoms with Crippen molar-refractivity contribution in [3.05, 3.63) is 36.0 Å². The van der Waals surface area contributed by atoms with Crippen LogP contribution in [0.1, 0.15) is 11.6 Å². The van der Waals surface area contributed by atoms with Crippen LogP contribution in [0.15, 0.2) is 30.5 Å². The fourth-order valence-corrected chi connectivity index (χ4v) is 1.75. The minimum Gasteiger partial charge on any atom is -0.350 e. The summed E-state index contributed by atoms with van der Waals surface area (Å²) in [5, 5.41) is 1.04. The summed E-state index contributed by atoms with van der Waals surface area (Å²) in [7, 11) is 1.94. The van der Waals surface area contributed by atoms with Gasteiger partial charge in [0.15, 0.2) is 0 Å². The number of halogens is 2. The number of aromatic nitrogens is 1. The molecule has 2 rings (SSSR count). The molecule has 15 heavy (non-hydrogen) atoms. The van der Waals surface area contributed by atoms with Crippen LogP contribution in [0.25, 0.3) is 10.9 Å². The normalized spacial score (nSPS) is 12.5. The van der Waals surface area contributed by atoms with Crippen LogP contribution in [0.2, 0.25) is 0 Å². The predicted molar refractivity (Wildman–Crippen MR) is 63.1 cm³/mol. The van der Waals surface area contributed by atoms with Gasteiger partial charge in [0, 0.05) is 24.1 Å². The van der Waals surface area contributed by atoms with Crippen LogP contribution < -0.4 is 5.73 Å². The molecule has 2 nitrogen and oxygen atoms in total. The molecule has 2 N–H and O–H groups in total. The smallest absolute Gasteiger partial charge is 0.109 e. The van der Waals surface area contributed by atoms with Crippen LogP contribution in [0.4, 0.5) is 4.39 Å². The number of nitrogens with two attached hydrogens (primary N) is 1. The molecule has 0 spiro atoms. The third-order valence-corrected chi connectivity index (χ3v) is 2.49. The fourth-order valence-electron chi connectivity index (χ4n) is 1.75. The monoisotopic (exact) mass is 228 g/mol. The Kier molecular flexibility index (Phi) is 3.72. The average Bonchev–Trinajstić information content (AvgIpc) is 2.56. The van der Waals surface area contributed by atoms with Gasteiger partial charge in [-0.15, -0.1) is 12.4 Å². The quantitative estimate of drug-likeness (QED) is 0.842. The molecule has 4 heteroatoms. The summed E-state index contributed by atoms with van der Waals surface area (Å²) in [4.78, 5) is 0. The Morgan fingerprint density at radius 1 is 1.40 bits per heavy atom. The topological polar surface area (TPSA) is 30.9 Å². The number of aryl methyl sites for hydroxylation is 1. The number of alkyl halides is 1. The van der Waals surface area contributed by atoms with Crippen LogP contribution >= 0.6 is 12.4 Å². The molecular weight excluding hydrogens is 215 g/mol. The first-order valence-electron chi connectivity index (χ1n) is 4.59. The molecule has 0 radical (unpaired) electrons. The Balaban J connectivity index is 0.00000112. The number of fused-ring (bicyclic) bond motifs is 1. The molecule has 0 unspecified atom stereocenters. The zero-order chi connectivity index (χ0) is 10.1. The summed E-state index contributed by atoms with van der Waals surface area (Å²) in [6.07, 6.45) is 1.90. The van der Waals surface area contributed by atoms with E-state index >= 15 is 0 Å². The van der Waals surface area contributed by atoms with Gasteiger partial charge in [0.25, 0.3) is 0 Å². The fraction of sp³-hybridized carbons (Fsp3) is 0.273. The van der Waals surface area contributed by atoms with Crippen molar-refractivity contribution >= 4 is 23.3 Å². The van der Waals surface area contributed by atoms with Crippen LogP contribution in [-0.4, -0.2) is 11.2 Å². The van der Waals surface area contributed by atoms with E-state index in [9.17, 15) is 4.39 Å². The van der Waals surface area contributed by atoms with Gasteiger partial charge in [0.05, 0.1) is 6.04 Å². The Labute approximate surface area is 94.3 Å². The van der Waals surface area contributed by atoms with Gasteiger partial charge in [0.2, 0.25) is 0 Å². The molecule has 1 atom stereocenters. The molecule has 82 valence electrons. The summed E-state index contributed by atoms with van der Waals surface area (Å²) in [5.74, 6) is 0. The summed E-state index contributed by atoms with van der Waals surface area (Å²) < 4.78 is 14.4. The standard InChI is InChI=1S/C11H13FN2.ClH/c1-14-7-9(10(13)6-12)8-4-2-3-5-11(8)14;/h2-5,7,10H,6,13H2,1H3;1H/t10-;/m0./s1. The van der Waals surface area contributed by atoms with Gasteiger partial charge in [-0.3, -0.25) is 0 Å². The van der Waals surface area contributed by atoms with E-state index in [2.05, 4.69) is 0 Å². The maximum atomic E-state index is 12.5. The maximum absolute atomic E-state index is 12.5. The summed E-state index contributed by atoms with van der Waals surface area (Å²) in [6, 6.07) is 7.37. The second-order valence-electron chi connectivity index (χ2n) is 3.47. The third kappa shape index (κ3) is 1.98. The van der Waals surface area contributed by atoms with Crippen molar-refractivity contribution in [2.75, 3.05) is 6.67 Å². The number of rotatable bonds is 2. The molecule has 0 bridgehead atoms. The highest BCUT2D eigenvalue weighted by molar-refractivity contribution is 5.85. The first-order valence-corrected chi connectivity index (χ1v) is 4.59. The van der Waals surface area contributed by atoms with Crippen molar-refractivity contribution in [2.24, 2.45) is 12.8 Å². The van der Waals surface area contributed by atoms with Crippen molar-refractivity contribution in [3.8, 4) is 0 Å². The summed E-state index contributed by atoms with van der Waals surface area (Å²) >= 11 is 0. The van der Waals surface area contributed by atoms with Crippen molar-refractivity contribution < 1.29 is 4.39 Å². The van der Waals surface area contributed by atoms with Gasteiger partial charge in [-0.05, 0) is 11.6 Å². The second kappa shape index (κ2) is 4.64. The molecule has 2 aromatic rings.